The molecule has 0 aromatic heterocycles. The molecule has 4 atom stereocenters. The molecule has 0 spiro atoms. The highest BCUT2D eigenvalue weighted by Gasteiger charge is 2.32. The molecule has 48 heavy (non-hydrogen) atoms. The van der Waals surface area contributed by atoms with Crippen LogP contribution in [0.5, 0.6) is 5.75 Å². The van der Waals surface area contributed by atoms with Crippen LogP contribution in [-0.2, 0) is 26.0 Å². The van der Waals surface area contributed by atoms with Crippen LogP contribution in [0.15, 0.2) is 77.7 Å². The predicted octanol–water partition coefficient (Wildman–Crippen LogP) is 5.29. The Morgan fingerprint density at radius 1 is 1.06 bits per heavy atom. The maximum absolute atomic E-state index is 14.4. The molecule has 1 aliphatic heterocycles. The maximum atomic E-state index is 14.4. The zero-order valence-electron chi connectivity index (χ0n) is 28.6. The summed E-state index contributed by atoms with van der Waals surface area (Å²) in [6.07, 6.45) is 1.72. The first-order valence-electron chi connectivity index (χ1n) is 16.6. The second kappa shape index (κ2) is 17.1. The highest BCUT2D eigenvalue weighted by atomic mass is 32.2. The van der Waals surface area contributed by atoms with Crippen LogP contribution in [0.1, 0.15) is 61.5 Å². The van der Waals surface area contributed by atoms with Crippen LogP contribution in [0.25, 0.3) is 0 Å². The molecule has 0 saturated carbocycles. The highest BCUT2D eigenvalue weighted by molar-refractivity contribution is 7.89. The zero-order chi connectivity index (χ0) is 34.8. The Balaban J connectivity index is 1.62. The number of nitrogens with zero attached hydrogens (tertiary/aromatic N) is 2. The van der Waals surface area contributed by atoms with Crippen LogP contribution in [0, 0.1) is 12.8 Å². The summed E-state index contributed by atoms with van der Waals surface area (Å²) in [5, 5.41) is 13.1. The van der Waals surface area contributed by atoms with Crippen LogP contribution in [0.2, 0.25) is 0 Å². The van der Waals surface area contributed by atoms with Crippen molar-refractivity contribution in [3.05, 3.63) is 89.5 Å². The van der Waals surface area contributed by atoms with Crippen LogP contribution in [0.3, 0.4) is 0 Å². The number of carbonyl (C=O) groups is 2. The van der Waals surface area contributed by atoms with Gasteiger partial charge in [0.1, 0.15) is 5.75 Å². The standard InChI is InChI=1S/C37H49N3O7S/c1-26-14-17-32(18-15-26)48(44,45)39(5)24-35-27(2)23-40(28(3)25-41)37(43)33-22-31(38-36(42)21-30-12-7-6-8-13-30)16-19-34(33)47-29(4)11-9-10-20-46-35/h6-8,12-19,22,27-29,35,41H,9-11,20-21,23-25H2,1-5H3,(H,38,42)/t27-,28+,29+,35-/m1/s1. The first kappa shape index (κ1) is 37.1. The van der Waals surface area contributed by atoms with E-state index in [-0.39, 0.29) is 60.4 Å². The van der Waals surface area contributed by atoms with Gasteiger partial charge in [0, 0.05) is 38.3 Å². The van der Waals surface area contributed by atoms with Gasteiger partial charge in [0.25, 0.3) is 5.91 Å². The molecule has 3 aromatic carbocycles. The number of benzene rings is 3. The number of hydrogen-bond acceptors (Lipinski definition) is 7. The molecule has 0 unspecified atom stereocenters. The molecule has 1 aliphatic rings. The maximum Gasteiger partial charge on any atom is 0.258 e. The van der Waals surface area contributed by atoms with Crippen LogP contribution < -0.4 is 10.1 Å². The number of aliphatic hydroxyl groups is 1. The van der Waals surface area contributed by atoms with E-state index in [1.807, 2.05) is 51.1 Å². The minimum atomic E-state index is -3.79. The second-order valence-corrected chi connectivity index (χ2v) is 14.9. The molecule has 4 rings (SSSR count). The molecule has 0 saturated heterocycles. The first-order valence-corrected chi connectivity index (χ1v) is 18.0. The molecule has 260 valence electrons. The molecule has 10 nitrogen and oxygen atoms in total. The third kappa shape index (κ3) is 9.88. The molecule has 0 aliphatic carbocycles. The molecule has 3 aromatic rings. The van der Waals surface area contributed by atoms with E-state index in [9.17, 15) is 23.1 Å². The number of fused-ring (bicyclic) bond motifs is 1. The van der Waals surface area contributed by atoms with Gasteiger partial charge in [0.2, 0.25) is 15.9 Å². The largest absolute Gasteiger partial charge is 0.490 e. The fourth-order valence-electron chi connectivity index (χ4n) is 5.69. The fraction of sp³-hybridized carbons (Fsp3) is 0.459. The summed E-state index contributed by atoms with van der Waals surface area (Å²) < 4.78 is 40.9. The average molecular weight is 680 g/mol. The van der Waals surface area contributed by atoms with Gasteiger partial charge >= 0.3 is 0 Å². The molecular formula is C37H49N3O7S. The lowest BCUT2D eigenvalue weighted by atomic mass is 10.0. The molecule has 2 N–H and O–H groups in total. The van der Waals surface area contributed by atoms with Crippen molar-refractivity contribution in [3.8, 4) is 5.75 Å². The van der Waals surface area contributed by atoms with Crippen molar-refractivity contribution in [3.63, 3.8) is 0 Å². The first-order chi connectivity index (χ1) is 22.9. The SMILES string of the molecule is Cc1ccc(S(=O)(=O)N(C)C[C@H]2OCCCC[C@H](C)Oc3ccc(NC(=O)Cc4ccccc4)cc3C(=O)N([C@@H](C)CO)C[C@H]2C)cc1. The molecule has 11 heteroatoms. The van der Waals surface area contributed by atoms with E-state index in [0.29, 0.717) is 24.5 Å². The summed E-state index contributed by atoms with van der Waals surface area (Å²) in [6.45, 7) is 7.93. The summed E-state index contributed by atoms with van der Waals surface area (Å²) in [4.78, 5) is 29.0. The molecule has 1 heterocycles. The smallest absolute Gasteiger partial charge is 0.258 e. The molecule has 0 fully saturated rings. The number of carbonyl (C=O) groups excluding carboxylic acids is 2. The van der Waals surface area contributed by atoms with Crippen LogP contribution in [-0.4, -0.2) is 86.1 Å². The normalized spacial score (nSPS) is 20.4. The number of sulfonamides is 1. The number of nitrogens with one attached hydrogen (secondary N) is 1. The summed E-state index contributed by atoms with van der Waals surface area (Å²) >= 11 is 0. The third-order valence-corrected chi connectivity index (χ3v) is 10.5. The number of amides is 2. The predicted molar refractivity (Wildman–Crippen MR) is 187 cm³/mol. The molecule has 0 bridgehead atoms. The minimum Gasteiger partial charge on any atom is -0.490 e. The van der Waals surface area contributed by atoms with E-state index >= 15 is 0 Å². The van der Waals surface area contributed by atoms with Crippen LogP contribution >= 0.6 is 0 Å². The van der Waals surface area contributed by atoms with Gasteiger partial charge in [-0.15, -0.1) is 0 Å². The summed E-state index contributed by atoms with van der Waals surface area (Å²) in [5.74, 6) is -0.507. The van der Waals surface area contributed by atoms with E-state index in [0.717, 1.165) is 24.0 Å². The summed E-state index contributed by atoms with van der Waals surface area (Å²) in [7, 11) is -2.24. The van der Waals surface area contributed by atoms with Gasteiger partial charge in [0.05, 0.1) is 41.7 Å². The van der Waals surface area contributed by atoms with Gasteiger partial charge in [0.15, 0.2) is 0 Å². The van der Waals surface area contributed by atoms with Crippen molar-refractivity contribution in [2.75, 3.05) is 38.7 Å². The van der Waals surface area contributed by atoms with E-state index in [1.54, 1.807) is 61.3 Å². The van der Waals surface area contributed by atoms with Gasteiger partial charge in [-0.1, -0.05) is 55.0 Å². The van der Waals surface area contributed by atoms with E-state index in [4.69, 9.17) is 9.47 Å². The van der Waals surface area contributed by atoms with Crippen LogP contribution in [0.4, 0.5) is 5.69 Å². The van der Waals surface area contributed by atoms with E-state index in [2.05, 4.69) is 5.32 Å². The van der Waals surface area contributed by atoms with Crippen molar-refractivity contribution in [1.82, 2.24) is 9.21 Å². The monoisotopic (exact) mass is 679 g/mol. The topological polar surface area (TPSA) is 125 Å². The number of hydrogen-bond donors (Lipinski definition) is 2. The number of anilines is 1. The van der Waals surface area contributed by atoms with Gasteiger partial charge in [-0.3, -0.25) is 9.59 Å². The van der Waals surface area contributed by atoms with Crippen molar-refractivity contribution >= 4 is 27.5 Å². The number of likely N-dealkylation sites (N-methyl/N-ethyl adjacent to an activating group) is 1. The molecular weight excluding hydrogens is 630 g/mol. The average Bonchev–Trinajstić information content (AvgIpc) is 3.06. The van der Waals surface area contributed by atoms with Gasteiger partial charge < -0.3 is 24.8 Å². The van der Waals surface area contributed by atoms with E-state index in [1.165, 1.54) is 4.31 Å². The second-order valence-electron chi connectivity index (χ2n) is 12.8. The molecule has 2 amide bonds. The quantitative estimate of drug-likeness (QED) is 0.315. The lowest BCUT2D eigenvalue weighted by molar-refractivity contribution is -0.115. The summed E-state index contributed by atoms with van der Waals surface area (Å²) in [5.41, 5.74) is 2.55. The van der Waals surface area contributed by atoms with Gasteiger partial charge in [-0.05, 0) is 75.9 Å². The van der Waals surface area contributed by atoms with Crippen molar-refractivity contribution in [2.45, 2.75) is 76.5 Å². The highest BCUT2D eigenvalue weighted by Crippen LogP contribution is 2.29. The van der Waals surface area contributed by atoms with Crippen molar-refractivity contribution < 1.29 is 32.6 Å². The Bertz CT molecular complexity index is 1620. The van der Waals surface area contributed by atoms with Crippen molar-refractivity contribution in [1.29, 1.82) is 0 Å². The zero-order valence-corrected chi connectivity index (χ0v) is 29.4. The summed E-state index contributed by atoms with van der Waals surface area (Å²) in [6, 6.07) is 20.6. The Hall–Kier alpha value is -3.77. The number of aryl methyl sites for hydroxylation is 1. The van der Waals surface area contributed by atoms with Crippen molar-refractivity contribution in [2.24, 2.45) is 5.92 Å². The van der Waals surface area contributed by atoms with Gasteiger partial charge in [-0.25, -0.2) is 8.42 Å². The Kier molecular flexibility index (Phi) is 13.2. The number of rotatable bonds is 9. The Morgan fingerprint density at radius 3 is 2.46 bits per heavy atom. The minimum absolute atomic E-state index is 0.0839. The number of ether oxygens (including phenoxy) is 2. The third-order valence-electron chi connectivity index (χ3n) is 8.71. The Morgan fingerprint density at radius 2 is 1.77 bits per heavy atom. The fourth-order valence-corrected chi connectivity index (χ4v) is 6.87. The van der Waals surface area contributed by atoms with Gasteiger partial charge in [-0.2, -0.15) is 4.31 Å². The number of aliphatic hydroxyl groups excluding tert-OH is 1. The van der Waals surface area contributed by atoms with E-state index < -0.39 is 22.2 Å². The molecule has 0 radical (unpaired) electrons. The lowest BCUT2D eigenvalue weighted by Gasteiger charge is -2.35. The Labute approximate surface area is 285 Å². The lowest BCUT2D eigenvalue weighted by Crippen LogP contribution is -2.48.